The fraction of sp³-hybridized carbons (Fsp3) is 0.118. The SMILES string of the molecule is Cc1cccc(-c2nc3ccccc3n3c(C)nnc23)c1. The Hall–Kier alpha value is -2.75. The smallest absolute Gasteiger partial charge is 0.187 e. The van der Waals surface area contributed by atoms with Crippen LogP contribution >= 0.6 is 0 Å². The fourth-order valence-corrected chi connectivity index (χ4v) is 2.71. The van der Waals surface area contributed by atoms with Gasteiger partial charge >= 0.3 is 0 Å². The molecular weight excluding hydrogens is 260 g/mol. The summed E-state index contributed by atoms with van der Waals surface area (Å²) in [4.78, 5) is 4.80. The van der Waals surface area contributed by atoms with Gasteiger partial charge in [0.15, 0.2) is 5.65 Å². The average molecular weight is 274 g/mol. The predicted octanol–water partition coefficient (Wildman–Crippen LogP) is 3.56. The quantitative estimate of drug-likeness (QED) is 0.533. The van der Waals surface area contributed by atoms with Gasteiger partial charge in [-0.3, -0.25) is 4.40 Å². The van der Waals surface area contributed by atoms with Gasteiger partial charge in [-0.05, 0) is 32.0 Å². The molecule has 0 aliphatic rings. The number of aryl methyl sites for hydroxylation is 2. The van der Waals surface area contributed by atoms with Gasteiger partial charge in [-0.15, -0.1) is 10.2 Å². The number of nitrogens with zero attached hydrogens (tertiary/aromatic N) is 4. The lowest BCUT2D eigenvalue weighted by Gasteiger charge is -2.08. The van der Waals surface area contributed by atoms with Crippen molar-refractivity contribution in [1.29, 1.82) is 0 Å². The van der Waals surface area contributed by atoms with Crippen LogP contribution in [0.25, 0.3) is 27.9 Å². The molecule has 0 N–H and O–H groups in total. The number of benzene rings is 2. The van der Waals surface area contributed by atoms with E-state index in [0.717, 1.165) is 33.8 Å². The van der Waals surface area contributed by atoms with E-state index in [9.17, 15) is 0 Å². The Bertz CT molecular complexity index is 969. The molecule has 0 aliphatic heterocycles. The van der Waals surface area contributed by atoms with Crippen LogP contribution in [0.5, 0.6) is 0 Å². The van der Waals surface area contributed by atoms with Gasteiger partial charge in [0.1, 0.15) is 11.5 Å². The maximum absolute atomic E-state index is 4.80. The highest BCUT2D eigenvalue weighted by Crippen LogP contribution is 2.26. The topological polar surface area (TPSA) is 43.1 Å². The number of para-hydroxylation sites is 2. The predicted molar refractivity (Wildman–Crippen MR) is 83.2 cm³/mol. The van der Waals surface area contributed by atoms with Crippen molar-refractivity contribution in [3.63, 3.8) is 0 Å². The Morgan fingerprint density at radius 3 is 2.62 bits per heavy atom. The summed E-state index contributed by atoms with van der Waals surface area (Å²) in [5.74, 6) is 0.873. The maximum atomic E-state index is 4.80. The molecule has 0 spiro atoms. The van der Waals surface area contributed by atoms with Gasteiger partial charge in [-0.2, -0.15) is 0 Å². The van der Waals surface area contributed by atoms with E-state index in [0.29, 0.717) is 0 Å². The van der Waals surface area contributed by atoms with Gasteiger partial charge in [-0.25, -0.2) is 4.98 Å². The zero-order valence-electron chi connectivity index (χ0n) is 11.9. The van der Waals surface area contributed by atoms with Crippen molar-refractivity contribution < 1.29 is 0 Å². The van der Waals surface area contributed by atoms with E-state index < -0.39 is 0 Å². The molecular formula is C17H14N4. The third-order valence-corrected chi connectivity index (χ3v) is 3.68. The minimum absolute atomic E-state index is 0.803. The van der Waals surface area contributed by atoms with Crippen LogP contribution in [0.15, 0.2) is 48.5 Å². The molecule has 4 nitrogen and oxygen atoms in total. The normalized spacial score (nSPS) is 11.3. The van der Waals surface area contributed by atoms with Crippen LogP contribution in [0.1, 0.15) is 11.4 Å². The van der Waals surface area contributed by atoms with Gasteiger partial charge in [0.2, 0.25) is 0 Å². The Morgan fingerprint density at radius 2 is 1.76 bits per heavy atom. The molecule has 102 valence electrons. The molecule has 0 aliphatic carbocycles. The van der Waals surface area contributed by atoms with Crippen molar-refractivity contribution in [3.05, 3.63) is 59.9 Å². The van der Waals surface area contributed by atoms with Crippen molar-refractivity contribution >= 4 is 16.7 Å². The van der Waals surface area contributed by atoms with Gasteiger partial charge < -0.3 is 0 Å². The summed E-state index contributed by atoms with van der Waals surface area (Å²) in [7, 11) is 0. The molecule has 4 rings (SSSR count). The van der Waals surface area contributed by atoms with Crippen molar-refractivity contribution in [2.45, 2.75) is 13.8 Å². The summed E-state index contributed by atoms with van der Waals surface area (Å²) in [5, 5.41) is 8.55. The van der Waals surface area contributed by atoms with E-state index >= 15 is 0 Å². The Balaban J connectivity index is 2.17. The first-order valence-electron chi connectivity index (χ1n) is 6.91. The van der Waals surface area contributed by atoms with Crippen molar-refractivity contribution in [1.82, 2.24) is 19.6 Å². The van der Waals surface area contributed by atoms with E-state index in [1.165, 1.54) is 5.56 Å². The van der Waals surface area contributed by atoms with Crippen LogP contribution in [0.4, 0.5) is 0 Å². The first kappa shape index (κ1) is 12.0. The second-order valence-corrected chi connectivity index (χ2v) is 5.22. The molecule has 0 radical (unpaired) electrons. The van der Waals surface area contributed by atoms with E-state index in [2.05, 4.69) is 39.7 Å². The molecule has 0 atom stereocenters. The van der Waals surface area contributed by atoms with Gasteiger partial charge in [0.25, 0.3) is 0 Å². The van der Waals surface area contributed by atoms with Gasteiger partial charge in [-0.1, -0.05) is 35.9 Å². The molecule has 0 amide bonds. The summed E-state index contributed by atoms with van der Waals surface area (Å²) in [6.07, 6.45) is 0. The van der Waals surface area contributed by atoms with Crippen LogP contribution in [-0.2, 0) is 0 Å². The number of fused-ring (bicyclic) bond motifs is 3. The second-order valence-electron chi connectivity index (χ2n) is 5.22. The standard InChI is InChI=1S/C17H14N4/c1-11-6-5-7-13(10-11)16-17-20-19-12(2)21(17)15-9-4-3-8-14(15)18-16/h3-10H,1-2H3. The zero-order valence-corrected chi connectivity index (χ0v) is 11.9. The molecule has 0 saturated carbocycles. The van der Waals surface area contributed by atoms with Crippen molar-refractivity contribution in [3.8, 4) is 11.3 Å². The van der Waals surface area contributed by atoms with Crippen LogP contribution in [0.2, 0.25) is 0 Å². The molecule has 0 bridgehead atoms. The third-order valence-electron chi connectivity index (χ3n) is 3.68. The molecule has 0 saturated heterocycles. The summed E-state index contributed by atoms with van der Waals surface area (Å²) in [6.45, 7) is 4.04. The molecule has 21 heavy (non-hydrogen) atoms. The first-order chi connectivity index (χ1) is 10.2. The molecule has 2 aromatic carbocycles. The summed E-state index contributed by atoms with van der Waals surface area (Å²) in [5.41, 5.74) is 5.93. The number of hydrogen-bond donors (Lipinski definition) is 0. The van der Waals surface area contributed by atoms with Gasteiger partial charge in [0.05, 0.1) is 11.0 Å². The minimum atomic E-state index is 0.803. The van der Waals surface area contributed by atoms with E-state index in [1.807, 2.05) is 37.3 Å². The van der Waals surface area contributed by atoms with E-state index in [1.54, 1.807) is 0 Å². The maximum Gasteiger partial charge on any atom is 0.187 e. The molecule has 4 aromatic rings. The summed E-state index contributed by atoms with van der Waals surface area (Å²) < 4.78 is 2.07. The third kappa shape index (κ3) is 1.80. The minimum Gasteiger partial charge on any atom is -0.276 e. The van der Waals surface area contributed by atoms with Crippen molar-refractivity contribution in [2.75, 3.05) is 0 Å². The Kier molecular flexibility index (Phi) is 2.51. The lowest BCUT2D eigenvalue weighted by Crippen LogP contribution is -1.97. The molecule has 2 heterocycles. The van der Waals surface area contributed by atoms with E-state index in [4.69, 9.17) is 4.98 Å². The first-order valence-corrected chi connectivity index (χ1v) is 6.91. The molecule has 0 unspecified atom stereocenters. The number of rotatable bonds is 1. The van der Waals surface area contributed by atoms with Crippen LogP contribution in [0, 0.1) is 13.8 Å². The highest BCUT2D eigenvalue weighted by Gasteiger charge is 2.14. The highest BCUT2D eigenvalue weighted by molar-refractivity contribution is 5.85. The highest BCUT2D eigenvalue weighted by atomic mass is 15.3. The Labute approximate surface area is 122 Å². The van der Waals surface area contributed by atoms with E-state index in [-0.39, 0.29) is 0 Å². The van der Waals surface area contributed by atoms with Crippen LogP contribution in [-0.4, -0.2) is 19.6 Å². The average Bonchev–Trinajstić information content (AvgIpc) is 2.89. The Morgan fingerprint density at radius 1 is 0.905 bits per heavy atom. The van der Waals surface area contributed by atoms with Crippen LogP contribution in [0.3, 0.4) is 0 Å². The second kappa shape index (κ2) is 4.38. The fourth-order valence-electron chi connectivity index (χ4n) is 2.71. The monoisotopic (exact) mass is 274 g/mol. The lowest BCUT2D eigenvalue weighted by molar-refractivity contribution is 1.02. The summed E-state index contributed by atoms with van der Waals surface area (Å²) >= 11 is 0. The molecule has 2 aromatic heterocycles. The zero-order chi connectivity index (χ0) is 14.4. The van der Waals surface area contributed by atoms with Crippen LogP contribution < -0.4 is 0 Å². The molecule has 0 fully saturated rings. The lowest BCUT2D eigenvalue weighted by atomic mass is 10.1. The largest absolute Gasteiger partial charge is 0.276 e. The number of aromatic nitrogens is 4. The number of hydrogen-bond acceptors (Lipinski definition) is 3. The molecule has 4 heteroatoms. The van der Waals surface area contributed by atoms with Gasteiger partial charge in [0, 0.05) is 5.56 Å². The van der Waals surface area contributed by atoms with Crippen molar-refractivity contribution in [2.24, 2.45) is 0 Å². The summed E-state index contributed by atoms with van der Waals surface area (Å²) in [6, 6.07) is 16.4.